The average molecular weight is 690 g/mol. The summed E-state index contributed by atoms with van der Waals surface area (Å²) in [6.45, 7) is 13.7. The van der Waals surface area contributed by atoms with Gasteiger partial charge in [0.05, 0.1) is 25.0 Å². The molecule has 0 aromatic carbocycles. The first-order valence-corrected chi connectivity index (χ1v) is 19.7. The van der Waals surface area contributed by atoms with Crippen molar-refractivity contribution in [3.8, 4) is 0 Å². The van der Waals surface area contributed by atoms with Crippen molar-refractivity contribution in [3.63, 3.8) is 0 Å². The van der Waals surface area contributed by atoms with Gasteiger partial charge < -0.3 is 40.1 Å². The Balaban J connectivity index is 0.935. The Labute approximate surface area is 295 Å². The van der Waals surface area contributed by atoms with Crippen molar-refractivity contribution < 1.29 is 34.6 Å². The van der Waals surface area contributed by atoms with E-state index in [4.69, 9.17) is 14.2 Å². The molecule has 4 aliphatic carbocycles. The quantitative estimate of drug-likeness (QED) is 0.112. The number of nitrogens with one attached hydrogen (secondary N) is 2. The van der Waals surface area contributed by atoms with Gasteiger partial charge in [-0.15, -0.1) is 5.53 Å². The molecule has 280 valence electrons. The lowest BCUT2D eigenvalue weighted by molar-refractivity contribution is -0.299. The van der Waals surface area contributed by atoms with Crippen LogP contribution in [0, 0.1) is 46.3 Å². The minimum Gasteiger partial charge on any atom is -0.394 e. The highest BCUT2D eigenvalue weighted by atomic mass is 16.7. The van der Waals surface area contributed by atoms with Crippen LogP contribution in [0.25, 0.3) is 0 Å². The van der Waals surface area contributed by atoms with Crippen LogP contribution in [0.5, 0.6) is 0 Å². The van der Waals surface area contributed by atoms with Crippen molar-refractivity contribution in [1.29, 1.82) is 0 Å². The number of hydrogen-bond donors (Lipinski definition) is 6. The summed E-state index contributed by atoms with van der Waals surface area (Å²) >= 11 is 0. The van der Waals surface area contributed by atoms with Crippen molar-refractivity contribution in [3.05, 3.63) is 23.5 Å². The third kappa shape index (κ3) is 7.78. The number of hydrogen-bond acceptors (Lipinski definition) is 10. The van der Waals surface area contributed by atoms with Gasteiger partial charge in [-0.1, -0.05) is 65.5 Å². The number of rotatable bonds is 14. The molecule has 10 nitrogen and oxygen atoms in total. The molecule has 6 rings (SSSR count). The number of fused-ring (bicyclic) bond motifs is 5. The normalized spacial score (nSPS) is 42.6. The molecule has 49 heavy (non-hydrogen) atoms. The number of allylic oxidation sites excluding steroid dienone is 1. The van der Waals surface area contributed by atoms with Gasteiger partial charge in [0.1, 0.15) is 24.4 Å². The molecule has 0 radical (unpaired) electrons. The highest BCUT2D eigenvalue weighted by molar-refractivity contribution is 5.25. The highest BCUT2D eigenvalue weighted by Crippen LogP contribution is 2.67. The van der Waals surface area contributed by atoms with E-state index in [1.807, 2.05) is 11.2 Å². The SMILES string of the molecule is CC(C)CCC[C@@H](C)[C@H]1CC[C@H]2[C@@H]3CC=C4C[C@@H](OCCCN5C=C(CO[C@@H]6O[C@H](CO)[C@@H](O)[C@H](O)[C@H]6O)NN5)CC[C@]4(C)[C@H]3CC[C@]12C. The maximum absolute atomic E-state index is 10.2. The van der Waals surface area contributed by atoms with Crippen molar-refractivity contribution in [2.24, 2.45) is 46.3 Å². The molecule has 0 spiro atoms. The summed E-state index contributed by atoms with van der Waals surface area (Å²) < 4.78 is 17.6. The van der Waals surface area contributed by atoms with Crippen molar-refractivity contribution in [1.82, 2.24) is 16.0 Å². The molecule has 6 N–H and O–H groups in total. The molecule has 0 bridgehead atoms. The number of ether oxygens (including phenoxy) is 3. The molecule has 2 heterocycles. The van der Waals surface area contributed by atoms with Crippen molar-refractivity contribution in [2.75, 3.05) is 26.4 Å². The van der Waals surface area contributed by atoms with E-state index in [-0.39, 0.29) is 6.61 Å². The van der Waals surface area contributed by atoms with E-state index in [1.165, 1.54) is 57.8 Å². The molecule has 4 fully saturated rings. The van der Waals surface area contributed by atoms with E-state index in [1.54, 1.807) is 5.57 Å². The largest absolute Gasteiger partial charge is 0.394 e. The number of aliphatic hydroxyl groups excluding tert-OH is 4. The summed E-state index contributed by atoms with van der Waals surface area (Å²) in [5.74, 6) is 5.18. The van der Waals surface area contributed by atoms with Crippen LogP contribution < -0.4 is 11.0 Å². The molecule has 0 amide bonds. The lowest BCUT2D eigenvalue weighted by atomic mass is 9.47. The van der Waals surface area contributed by atoms with Gasteiger partial charge in [-0.3, -0.25) is 5.01 Å². The zero-order chi connectivity index (χ0) is 34.9. The van der Waals surface area contributed by atoms with Gasteiger partial charge in [0, 0.05) is 19.4 Å². The Morgan fingerprint density at radius 2 is 1.78 bits per heavy atom. The minimum atomic E-state index is -1.46. The van der Waals surface area contributed by atoms with Gasteiger partial charge >= 0.3 is 0 Å². The molecule has 3 saturated carbocycles. The summed E-state index contributed by atoms with van der Waals surface area (Å²) in [5.41, 5.74) is 9.45. The van der Waals surface area contributed by atoms with Crippen LogP contribution in [0.2, 0.25) is 0 Å². The highest BCUT2D eigenvalue weighted by Gasteiger charge is 2.59. The second-order valence-corrected chi connectivity index (χ2v) is 17.5. The Morgan fingerprint density at radius 1 is 0.959 bits per heavy atom. The molecule has 13 atom stereocenters. The van der Waals surface area contributed by atoms with Crippen LogP contribution in [-0.4, -0.2) is 88.6 Å². The standard InChI is InChI=1S/C39H67N3O7/c1-24(2)8-6-9-25(3)30-12-13-31-29-11-10-26-20-28(14-16-38(26,4)32(29)15-17-39(30,31)5)47-19-7-18-42-21-27(40-41-42)23-48-37-36(46)35(45)34(44)33(22-43)49-37/h10,21,24-25,28-37,40-41,43-46H,6-9,11-20,22-23H2,1-5H3/t25-,28+,29+,30-,31+,32+,33-,34-,35+,36-,37-,38+,39-/m1/s1. The Bertz CT molecular complexity index is 1170. The summed E-state index contributed by atoms with van der Waals surface area (Å²) in [6, 6.07) is 0. The van der Waals surface area contributed by atoms with Crippen molar-refractivity contribution in [2.45, 2.75) is 148 Å². The lowest BCUT2D eigenvalue weighted by Crippen LogP contribution is -2.59. The fraction of sp³-hybridized carbons (Fsp3) is 0.897. The maximum Gasteiger partial charge on any atom is 0.187 e. The second kappa shape index (κ2) is 15.8. The van der Waals surface area contributed by atoms with Gasteiger partial charge in [-0.2, -0.15) is 0 Å². The van der Waals surface area contributed by atoms with Crippen LogP contribution in [0.15, 0.2) is 23.5 Å². The van der Waals surface area contributed by atoms with Gasteiger partial charge in [-0.05, 0) is 104 Å². The Kier molecular flexibility index (Phi) is 12.1. The summed E-state index contributed by atoms with van der Waals surface area (Å²) in [5, 5.41) is 41.5. The first-order chi connectivity index (χ1) is 23.4. The molecule has 0 aromatic heterocycles. The third-order valence-corrected chi connectivity index (χ3v) is 14.1. The summed E-state index contributed by atoms with van der Waals surface area (Å²) in [4.78, 5) is 0. The molecule has 2 aliphatic heterocycles. The predicted molar refractivity (Wildman–Crippen MR) is 188 cm³/mol. The van der Waals surface area contributed by atoms with Gasteiger partial charge in [0.15, 0.2) is 6.29 Å². The van der Waals surface area contributed by atoms with E-state index in [0.29, 0.717) is 23.5 Å². The van der Waals surface area contributed by atoms with Gasteiger partial charge in [0.2, 0.25) is 0 Å². The molecule has 0 aromatic rings. The first-order valence-electron chi connectivity index (χ1n) is 19.7. The average Bonchev–Trinajstić information content (AvgIpc) is 3.69. The van der Waals surface area contributed by atoms with Crippen LogP contribution in [0.1, 0.15) is 112 Å². The van der Waals surface area contributed by atoms with E-state index < -0.39 is 37.3 Å². The summed E-state index contributed by atoms with van der Waals surface area (Å²) in [7, 11) is 0. The second-order valence-electron chi connectivity index (χ2n) is 17.5. The molecule has 6 aliphatic rings. The maximum atomic E-state index is 10.2. The van der Waals surface area contributed by atoms with Gasteiger partial charge in [-0.25, -0.2) is 0 Å². The third-order valence-electron chi connectivity index (χ3n) is 14.1. The monoisotopic (exact) mass is 689 g/mol. The van der Waals surface area contributed by atoms with E-state index >= 15 is 0 Å². The van der Waals surface area contributed by atoms with Crippen LogP contribution >= 0.6 is 0 Å². The Hall–Kier alpha value is -1.24. The predicted octanol–water partition coefficient (Wildman–Crippen LogP) is 4.79. The first kappa shape index (κ1) is 37.5. The van der Waals surface area contributed by atoms with Crippen LogP contribution in [0.3, 0.4) is 0 Å². The van der Waals surface area contributed by atoms with Crippen molar-refractivity contribution >= 4 is 0 Å². The number of aliphatic hydroxyl groups is 4. The van der Waals surface area contributed by atoms with E-state index in [9.17, 15) is 20.4 Å². The smallest absolute Gasteiger partial charge is 0.187 e. The fourth-order valence-electron chi connectivity index (χ4n) is 11.2. The number of hydrazine groups is 2. The fourth-order valence-corrected chi connectivity index (χ4v) is 11.2. The minimum absolute atomic E-state index is 0.0959. The van der Waals surface area contributed by atoms with Gasteiger partial charge in [0.25, 0.3) is 0 Å². The zero-order valence-electron chi connectivity index (χ0n) is 30.9. The molecule has 10 heteroatoms. The molecule has 1 saturated heterocycles. The van der Waals surface area contributed by atoms with E-state index in [2.05, 4.69) is 51.7 Å². The Morgan fingerprint density at radius 3 is 2.55 bits per heavy atom. The molecular weight excluding hydrogens is 622 g/mol. The summed E-state index contributed by atoms with van der Waals surface area (Å²) in [6.07, 6.45) is 14.0. The molecule has 0 unspecified atom stereocenters. The van der Waals surface area contributed by atoms with Crippen LogP contribution in [-0.2, 0) is 14.2 Å². The lowest BCUT2D eigenvalue weighted by Gasteiger charge is -2.58. The zero-order valence-corrected chi connectivity index (χ0v) is 30.9. The number of nitrogens with zero attached hydrogens (tertiary/aromatic N) is 1. The van der Waals surface area contributed by atoms with Crippen LogP contribution in [0.4, 0.5) is 0 Å². The topological polar surface area (TPSA) is 136 Å². The van der Waals surface area contributed by atoms with E-state index in [0.717, 1.165) is 67.0 Å². The molecular formula is C39H67N3O7.